The third kappa shape index (κ3) is 4.68. The van der Waals surface area contributed by atoms with Crippen LogP contribution in [0.2, 0.25) is 0 Å². The number of H-pyrrole nitrogens is 1. The Hall–Kier alpha value is -3.68. The summed E-state index contributed by atoms with van der Waals surface area (Å²) in [7, 11) is -5.66. The molecule has 0 aliphatic carbocycles. The number of aromatic amines is 1. The maximum atomic E-state index is 13.9. The molecule has 0 atom stereocenters. The zero-order chi connectivity index (χ0) is 28.0. The molecule has 0 fully saturated rings. The number of hydrogen-bond donors (Lipinski definition) is 2. The molecule has 2 aromatic carbocycles. The zero-order valence-corrected chi connectivity index (χ0v) is 23.3. The first-order valence-corrected chi connectivity index (χ1v) is 14.4. The van der Waals surface area contributed by atoms with Crippen LogP contribution in [-0.2, 0) is 31.5 Å². The van der Waals surface area contributed by atoms with Crippen LogP contribution in [-0.4, -0.2) is 46.0 Å². The number of nitrogens with one attached hydrogen (secondary N) is 2. The van der Waals surface area contributed by atoms with Gasteiger partial charge in [0.25, 0.3) is 10.0 Å². The summed E-state index contributed by atoms with van der Waals surface area (Å²) in [6, 6.07) is 5.35. The van der Waals surface area contributed by atoms with E-state index in [1.807, 2.05) is 6.92 Å². The van der Waals surface area contributed by atoms with E-state index in [0.717, 1.165) is 5.56 Å². The molecule has 0 aliphatic heterocycles. The first kappa shape index (κ1) is 27.4. The Bertz CT molecular complexity index is 1760. The number of imidazole rings is 1. The van der Waals surface area contributed by atoms with E-state index in [1.54, 1.807) is 13.1 Å². The number of aromatic nitrogens is 3. The van der Waals surface area contributed by atoms with Gasteiger partial charge < -0.3 is 14.5 Å². The van der Waals surface area contributed by atoms with Crippen LogP contribution in [0.15, 0.2) is 45.4 Å². The number of hydrogen-bond acceptors (Lipinski definition) is 8. The maximum absolute atomic E-state index is 13.9. The second-order valence-corrected chi connectivity index (χ2v) is 12.3. The first-order chi connectivity index (χ1) is 17.8. The van der Waals surface area contributed by atoms with Crippen LogP contribution in [0, 0.1) is 27.7 Å². The number of methoxy groups -OCH3 is 2. The van der Waals surface area contributed by atoms with Gasteiger partial charge in [-0.2, -0.15) is 0 Å². The summed E-state index contributed by atoms with van der Waals surface area (Å²) >= 11 is 0. The number of rotatable bonds is 8. The third-order valence-corrected chi connectivity index (χ3v) is 9.52. The van der Waals surface area contributed by atoms with Crippen molar-refractivity contribution in [3.8, 4) is 17.2 Å². The van der Waals surface area contributed by atoms with Crippen LogP contribution < -0.4 is 14.2 Å². The normalized spacial score (nSPS) is 12.2. The highest BCUT2D eigenvalue weighted by Gasteiger charge is 2.32. The number of fused-ring (bicyclic) bond motifs is 1. The molecule has 13 heteroatoms. The Morgan fingerprint density at radius 1 is 0.921 bits per heavy atom. The summed E-state index contributed by atoms with van der Waals surface area (Å²) in [6.07, 6.45) is 1.59. The van der Waals surface area contributed by atoms with Crippen LogP contribution in [0.4, 0.5) is 0 Å². The van der Waals surface area contributed by atoms with E-state index in [4.69, 9.17) is 9.47 Å². The molecule has 0 saturated heterocycles. The van der Waals surface area contributed by atoms with E-state index < -0.39 is 25.0 Å². The van der Waals surface area contributed by atoms with Crippen LogP contribution in [0.25, 0.3) is 11.0 Å². The van der Waals surface area contributed by atoms with Crippen LogP contribution in [0.1, 0.15) is 27.9 Å². The lowest BCUT2D eigenvalue weighted by atomic mass is 10.1. The Kier molecular flexibility index (Phi) is 7.12. The van der Waals surface area contributed by atoms with Crippen molar-refractivity contribution in [3.05, 3.63) is 58.4 Å². The van der Waals surface area contributed by atoms with Crippen molar-refractivity contribution < 1.29 is 31.4 Å². The molecular weight excluding hydrogens is 532 g/mol. The fourth-order valence-electron chi connectivity index (χ4n) is 4.47. The van der Waals surface area contributed by atoms with Crippen LogP contribution >= 0.6 is 0 Å². The highest BCUT2D eigenvalue weighted by atomic mass is 32.2. The molecule has 2 N–H and O–H groups in total. The fraction of sp³-hybridized carbons (Fsp3) is 0.280. The summed E-state index contributed by atoms with van der Waals surface area (Å²) in [5, 5.41) is 11.4. The van der Waals surface area contributed by atoms with Gasteiger partial charge in [0.2, 0.25) is 15.0 Å². The van der Waals surface area contributed by atoms with Gasteiger partial charge in [-0.1, -0.05) is 0 Å². The van der Waals surface area contributed by atoms with Crippen molar-refractivity contribution in [2.24, 2.45) is 0 Å². The molecule has 1 radical (unpaired) electrons. The van der Waals surface area contributed by atoms with Crippen molar-refractivity contribution in [3.63, 3.8) is 0 Å². The number of aryl methyl sites for hydroxylation is 3. The fourth-order valence-corrected chi connectivity index (χ4v) is 7.39. The minimum atomic E-state index is -4.28. The lowest BCUT2D eigenvalue weighted by Gasteiger charge is -2.14. The molecule has 11 nitrogen and oxygen atoms in total. The molecule has 2 heterocycles. The highest BCUT2D eigenvalue weighted by Crippen LogP contribution is 2.38. The van der Waals surface area contributed by atoms with Gasteiger partial charge in [-0.15, -0.1) is 0 Å². The monoisotopic (exact) mass is 559 g/mol. The molecule has 0 spiro atoms. The van der Waals surface area contributed by atoms with Gasteiger partial charge >= 0.3 is 0 Å². The van der Waals surface area contributed by atoms with Gasteiger partial charge in [-0.05, 0) is 63.1 Å². The molecule has 0 bridgehead atoms. The summed E-state index contributed by atoms with van der Waals surface area (Å²) in [5.41, 5.74) is 2.54. The van der Waals surface area contributed by atoms with Crippen molar-refractivity contribution >= 4 is 30.9 Å². The van der Waals surface area contributed by atoms with Gasteiger partial charge in [0, 0.05) is 17.3 Å². The predicted molar refractivity (Wildman–Crippen MR) is 138 cm³/mol. The molecule has 0 aliphatic rings. The quantitative estimate of drug-likeness (QED) is 0.331. The highest BCUT2D eigenvalue weighted by molar-refractivity contribution is 7.92. The van der Waals surface area contributed by atoms with E-state index in [2.05, 4.69) is 19.7 Å². The van der Waals surface area contributed by atoms with Gasteiger partial charge in [0.05, 0.1) is 36.9 Å². The number of nitrogens with zero attached hydrogens (tertiary/aromatic N) is 2. The molecule has 4 rings (SSSR count). The molecular formula is C25H27N4O7S2. The Balaban J connectivity index is 1.81. The van der Waals surface area contributed by atoms with Crippen LogP contribution in [0.3, 0.4) is 0 Å². The van der Waals surface area contributed by atoms with Crippen molar-refractivity contribution in [2.75, 3.05) is 14.2 Å². The summed E-state index contributed by atoms with van der Waals surface area (Å²) in [6.45, 7) is 6.51. The summed E-state index contributed by atoms with van der Waals surface area (Å²) < 4.78 is 67.2. The molecule has 0 unspecified atom stereocenters. The average molecular weight is 560 g/mol. The number of sulfone groups is 1. The lowest BCUT2D eigenvalue weighted by molar-refractivity contribution is 0.354. The van der Waals surface area contributed by atoms with E-state index in [1.165, 1.54) is 52.3 Å². The number of pyridine rings is 1. The topological polar surface area (TPSA) is 160 Å². The molecule has 0 amide bonds. The second kappa shape index (κ2) is 9.89. The predicted octanol–water partition coefficient (Wildman–Crippen LogP) is 3.66. The molecule has 2 aromatic heterocycles. The van der Waals surface area contributed by atoms with Gasteiger partial charge in [0.1, 0.15) is 21.9 Å². The minimum Gasteiger partial charge on any atom is -0.496 e. The summed E-state index contributed by atoms with van der Waals surface area (Å²) in [5.74, 6) is 0.271. The zero-order valence-electron chi connectivity index (χ0n) is 21.7. The van der Waals surface area contributed by atoms with E-state index in [0.29, 0.717) is 17.0 Å². The number of sulfonamides is 1. The Morgan fingerprint density at radius 3 is 2.18 bits per heavy atom. The SMILES string of the molecule is COc1ccc2[nH]c(S(=O)(=O)NCc3ncc(C)c(OC)c3C)nc2c1S(=O)(=O)c1c(C)cc([O])cc1C. The Morgan fingerprint density at radius 2 is 1.58 bits per heavy atom. The third-order valence-electron chi connectivity index (χ3n) is 6.18. The van der Waals surface area contributed by atoms with E-state index in [9.17, 15) is 21.9 Å². The average Bonchev–Trinajstić information content (AvgIpc) is 3.27. The maximum Gasteiger partial charge on any atom is 0.274 e. The van der Waals surface area contributed by atoms with Crippen molar-refractivity contribution in [2.45, 2.75) is 49.2 Å². The van der Waals surface area contributed by atoms with Gasteiger partial charge in [-0.3, -0.25) is 10.1 Å². The van der Waals surface area contributed by atoms with Crippen LogP contribution in [0.5, 0.6) is 17.2 Å². The molecule has 201 valence electrons. The lowest BCUT2D eigenvalue weighted by Crippen LogP contribution is -2.25. The largest absolute Gasteiger partial charge is 0.496 e. The molecule has 38 heavy (non-hydrogen) atoms. The van der Waals surface area contributed by atoms with Crippen molar-refractivity contribution in [1.29, 1.82) is 0 Å². The smallest absolute Gasteiger partial charge is 0.274 e. The van der Waals surface area contributed by atoms with E-state index in [-0.39, 0.29) is 50.0 Å². The second-order valence-electron chi connectivity index (χ2n) is 8.80. The van der Waals surface area contributed by atoms with E-state index >= 15 is 0 Å². The Labute approximate surface area is 220 Å². The number of benzene rings is 2. The molecule has 0 saturated carbocycles. The number of ether oxygens (including phenoxy) is 2. The van der Waals surface area contributed by atoms with Gasteiger partial charge in [0.15, 0.2) is 5.75 Å². The standard InChI is InChI=1S/C25H27N4O7S2/c1-13-9-17(30)10-14(2)23(13)37(31,32)24-20(35-5)8-7-18-21(24)29-25(28-18)38(33,34)27-12-19-16(4)22(36-6)15(3)11-26-19/h7-11,27H,12H2,1-6H3,(H,28,29). The first-order valence-electron chi connectivity index (χ1n) is 11.4. The van der Waals surface area contributed by atoms with Gasteiger partial charge in [-0.25, -0.2) is 26.5 Å². The molecule has 4 aromatic rings. The van der Waals surface area contributed by atoms with Crippen molar-refractivity contribution in [1.82, 2.24) is 19.7 Å². The minimum absolute atomic E-state index is 0.0162. The summed E-state index contributed by atoms with van der Waals surface area (Å²) in [4.78, 5) is 10.8.